The molecular weight excluding hydrogens is 452 g/mol. The second kappa shape index (κ2) is 9.90. The molecule has 1 unspecified atom stereocenters. The van der Waals surface area contributed by atoms with Gasteiger partial charge in [-0.15, -0.1) is 0 Å². The van der Waals surface area contributed by atoms with Crippen molar-refractivity contribution in [3.8, 4) is 5.75 Å². The van der Waals surface area contributed by atoms with Gasteiger partial charge in [0, 0.05) is 42.4 Å². The molecule has 0 radical (unpaired) electrons. The fourth-order valence-corrected chi connectivity index (χ4v) is 4.85. The van der Waals surface area contributed by atoms with Crippen molar-refractivity contribution in [2.45, 2.75) is 40.2 Å². The van der Waals surface area contributed by atoms with E-state index in [-0.39, 0.29) is 6.10 Å². The predicted octanol–water partition coefficient (Wildman–Crippen LogP) is 6.16. The Balaban J connectivity index is 1.43. The highest BCUT2D eigenvalue weighted by Crippen LogP contribution is 2.37. The Bertz CT molecular complexity index is 1340. The van der Waals surface area contributed by atoms with Crippen molar-refractivity contribution < 1.29 is 19.1 Å². The maximum absolute atomic E-state index is 12.6. The molecule has 1 atom stereocenters. The Morgan fingerprint density at radius 1 is 1.00 bits per heavy atom. The number of rotatable bonds is 6. The molecule has 0 amide bonds. The summed E-state index contributed by atoms with van der Waals surface area (Å²) in [6, 6.07) is 16.0. The molecule has 6 heteroatoms. The van der Waals surface area contributed by atoms with E-state index in [1.54, 1.807) is 0 Å². The van der Waals surface area contributed by atoms with E-state index < -0.39 is 5.97 Å². The van der Waals surface area contributed by atoms with E-state index in [0.29, 0.717) is 23.5 Å². The molecule has 2 aromatic carbocycles. The molecule has 0 saturated carbocycles. The van der Waals surface area contributed by atoms with Gasteiger partial charge in [-0.2, -0.15) is 0 Å². The minimum absolute atomic E-state index is 0.189. The third-order valence-electron chi connectivity index (χ3n) is 6.60. The zero-order valence-electron chi connectivity index (χ0n) is 21.1. The Morgan fingerprint density at radius 2 is 1.78 bits per heavy atom. The molecule has 0 aromatic heterocycles. The molecule has 0 aliphatic carbocycles. The normalized spacial score (nSPS) is 20.8. The Morgan fingerprint density at radius 3 is 2.53 bits per heavy atom. The molecule has 6 nitrogen and oxygen atoms in total. The van der Waals surface area contributed by atoms with Crippen LogP contribution in [0.2, 0.25) is 0 Å². The summed E-state index contributed by atoms with van der Waals surface area (Å²) in [5, 5.41) is 4.05. The number of carbonyl (C=O) groups is 1. The monoisotopic (exact) mass is 482 g/mol. The lowest BCUT2D eigenvalue weighted by Gasteiger charge is -2.28. The number of carbonyl (C=O) groups excluding carboxylic acids is 1. The van der Waals surface area contributed by atoms with Crippen LogP contribution in [0, 0.1) is 0 Å². The lowest BCUT2D eigenvalue weighted by Crippen LogP contribution is -2.23. The maximum Gasteiger partial charge on any atom is 0.368 e. The van der Waals surface area contributed by atoms with Crippen molar-refractivity contribution in [3.05, 3.63) is 101 Å². The van der Waals surface area contributed by atoms with E-state index in [2.05, 4.69) is 55.1 Å². The molecule has 2 aromatic rings. The first kappa shape index (κ1) is 23.7. The number of nitrogens with zero attached hydrogens (tertiary/aromatic N) is 2. The van der Waals surface area contributed by atoms with Crippen molar-refractivity contribution in [1.82, 2.24) is 0 Å². The molecule has 0 saturated heterocycles. The average Bonchev–Trinajstić information content (AvgIpc) is 3.26. The van der Waals surface area contributed by atoms with Crippen molar-refractivity contribution in [1.29, 1.82) is 0 Å². The largest absolute Gasteiger partial charge is 0.485 e. The third kappa shape index (κ3) is 4.59. The predicted molar refractivity (Wildman–Crippen MR) is 142 cm³/mol. The minimum Gasteiger partial charge on any atom is -0.485 e. The Kier molecular flexibility index (Phi) is 6.51. The van der Waals surface area contributed by atoms with Gasteiger partial charge in [-0.25, -0.2) is 4.79 Å². The van der Waals surface area contributed by atoms with E-state index in [1.807, 2.05) is 49.4 Å². The van der Waals surface area contributed by atoms with Crippen LogP contribution in [0.4, 0.5) is 5.69 Å². The first-order chi connectivity index (χ1) is 17.5. The second-order valence-electron chi connectivity index (χ2n) is 9.05. The topological polar surface area (TPSA) is 60.4 Å². The zero-order valence-corrected chi connectivity index (χ0v) is 21.1. The highest BCUT2D eigenvalue weighted by molar-refractivity contribution is 6.29. The van der Waals surface area contributed by atoms with Gasteiger partial charge in [0.25, 0.3) is 0 Å². The first-order valence-electron chi connectivity index (χ1n) is 12.4. The molecule has 3 aliphatic rings. The lowest BCUT2D eigenvalue weighted by molar-refractivity contribution is -0.136. The summed E-state index contributed by atoms with van der Waals surface area (Å²) in [5.74, 6) is 1.84. The highest BCUT2D eigenvalue weighted by atomic mass is 16.7. The quantitative estimate of drug-likeness (QED) is 0.364. The number of anilines is 1. The van der Waals surface area contributed by atoms with Crippen molar-refractivity contribution in [2.24, 2.45) is 5.16 Å². The van der Waals surface area contributed by atoms with Gasteiger partial charge in [-0.3, -0.25) is 0 Å². The van der Waals surface area contributed by atoms with Crippen molar-refractivity contribution in [2.75, 3.05) is 18.0 Å². The van der Waals surface area contributed by atoms with Gasteiger partial charge in [0.1, 0.15) is 29.1 Å². The summed E-state index contributed by atoms with van der Waals surface area (Å²) in [6.07, 6.45) is 6.21. The molecule has 0 spiro atoms. The van der Waals surface area contributed by atoms with Gasteiger partial charge in [-0.05, 0) is 69.2 Å². The number of ether oxygens (including phenoxy) is 2. The smallest absolute Gasteiger partial charge is 0.368 e. The molecule has 0 fully saturated rings. The van der Waals surface area contributed by atoms with Gasteiger partial charge >= 0.3 is 5.97 Å². The Labute approximate surface area is 211 Å². The van der Waals surface area contributed by atoms with Crippen LogP contribution in [0.1, 0.15) is 45.2 Å². The summed E-state index contributed by atoms with van der Waals surface area (Å²) in [7, 11) is 0. The Hall–Kier alpha value is -4.06. The summed E-state index contributed by atoms with van der Waals surface area (Å²) in [5.41, 5.74) is 5.95. The van der Waals surface area contributed by atoms with Crippen LogP contribution in [0.5, 0.6) is 5.75 Å². The fraction of sp³-hybridized carbons (Fsp3) is 0.267. The minimum atomic E-state index is -0.465. The number of hydrogen-bond donors (Lipinski definition) is 0. The standard InChI is InChI=1S/C30H30N2O4/c1-5-32(6-2)23-12-13-26-19(3)14-24(35-27(26)17-23)18-25-16-22(15-20(4)34-25)28-29(31-36-30(28)33)21-10-8-7-9-11-21/h7-17,24H,5-6,18H2,1-4H3/b28-22+. The second-order valence-corrected chi connectivity index (χ2v) is 9.05. The molecule has 0 N–H and O–H groups in total. The van der Waals surface area contributed by atoms with Crippen LogP contribution in [0.15, 0.2) is 94.6 Å². The molecule has 0 bridgehead atoms. The molecule has 3 aliphatic heterocycles. The summed E-state index contributed by atoms with van der Waals surface area (Å²) in [4.78, 5) is 20.0. The molecule has 5 rings (SSSR count). The number of allylic oxidation sites excluding steroid dienone is 5. The molecule has 184 valence electrons. The van der Waals surface area contributed by atoms with Crippen LogP contribution in [0.25, 0.3) is 5.57 Å². The first-order valence-corrected chi connectivity index (χ1v) is 12.4. The van der Waals surface area contributed by atoms with E-state index >= 15 is 0 Å². The number of benzene rings is 2. The van der Waals surface area contributed by atoms with Gasteiger partial charge < -0.3 is 19.2 Å². The van der Waals surface area contributed by atoms with Crippen LogP contribution < -0.4 is 9.64 Å². The van der Waals surface area contributed by atoms with E-state index in [9.17, 15) is 4.79 Å². The molecule has 3 heterocycles. The maximum atomic E-state index is 12.6. The molecule has 36 heavy (non-hydrogen) atoms. The molecular formula is C30H30N2O4. The summed E-state index contributed by atoms with van der Waals surface area (Å²) in [6.45, 7) is 10.2. The van der Waals surface area contributed by atoms with E-state index in [0.717, 1.165) is 47.0 Å². The SMILES string of the molecule is CCN(CC)c1ccc2c(c1)OC(CC1=C/C(=C3/C(=O)ON=C3c3ccccc3)C=C(C)O1)C=C2C. The van der Waals surface area contributed by atoms with Crippen LogP contribution in [-0.2, 0) is 14.4 Å². The van der Waals surface area contributed by atoms with Crippen LogP contribution >= 0.6 is 0 Å². The number of fused-ring (bicyclic) bond motifs is 1. The van der Waals surface area contributed by atoms with Crippen LogP contribution in [-0.4, -0.2) is 30.9 Å². The van der Waals surface area contributed by atoms with Crippen molar-refractivity contribution in [3.63, 3.8) is 0 Å². The highest BCUT2D eigenvalue weighted by Gasteiger charge is 2.31. The van der Waals surface area contributed by atoms with Gasteiger partial charge in [0.15, 0.2) is 0 Å². The van der Waals surface area contributed by atoms with E-state index in [1.165, 1.54) is 5.57 Å². The van der Waals surface area contributed by atoms with Crippen molar-refractivity contribution >= 4 is 22.9 Å². The summed E-state index contributed by atoms with van der Waals surface area (Å²) >= 11 is 0. The lowest BCUT2D eigenvalue weighted by atomic mass is 9.95. The fourth-order valence-electron chi connectivity index (χ4n) is 4.85. The van der Waals surface area contributed by atoms with E-state index in [4.69, 9.17) is 14.3 Å². The van der Waals surface area contributed by atoms with Gasteiger partial charge in [-0.1, -0.05) is 35.5 Å². The number of hydrogen-bond acceptors (Lipinski definition) is 6. The number of oxime groups is 1. The van der Waals surface area contributed by atoms with Gasteiger partial charge in [0.2, 0.25) is 0 Å². The van der Waals surface area contributed by atoms with Gasteiger partial charge in [0.05, 0.1) is 5.57 Å². The van der Waals surface area contributed by atoms with Crippen LogP contribution in [0.3, 0.4) is 0 Å². The third-order valence-corrected chi connectivity index (χ3v) is 6.60. The zero-order chi connectivity index (χ0) is 25.2. The average molecular weight is 483 g/mol. The summed E-state index contributed by atoms with van der Waals surface area (Å²) < 4.78 is 12.5.